The highest BCUT2D eigenvalue weighted by Crippen LogP contribution is 2.68. The topological polar surface area (TPSA) is 182 Å². The van der Waals surface area contributed by atoms with Crippen molar-refractivity contribution in [1.82, 2.24) is 10.6 Å². The summed E-state index contributed by atoms with van der Waals surface area (Å²) in [6.45, 7) is 9.96. The predicted molar refractivity (Wildman–Crippen MR) is 227 cm³/mol. The number of allylic oxidation sites excluding steroid dienone is 2. The van der Waals surface area contributed by atoms with E-state index in [1.54, 1.807) is 12.1 Å². The van der Waals surface area contributed by atoms with E-state index in [-0.39, 0.29) is 58.5 Å². The van der Waals surface area contributed by atoms with E-state index in [4.69, 9.17) is 17.3 Å². The van der Waals surface area contributed by atoms with E-state index < -0.39 is 42.1 Å². The molecule has 0 saturated heterocycles. The molecule has 59 heavy (non-hydrogen) atoms. The average molecular weight is 840 g/mol. The second-order valence-corrected chi connectivity index (χ2v) is 20.2. The van der Waals surface area contributed by atoms with Crippen molar-refractivity contribution in [2.45, 2.75) is 117 Å². The number of aliphatic carboxylic acids is 1. The quantitative estimate of drug-likeness (QED) is 0.134. The molecule has 0 bridgehead atoms. The lowest BCUT2D eigenvalue weighted by molar-refractivity contribution is -0.154. The van der Waals surface area contributed by atoms with E-state index in [1.807, 2.05) is 6.92 Å². The van der Waals surface area contributed by atoms with Crippen LogP contribution >= 0.6 is 11.6 Å². The number of carboxylic acid groups (broad SMARTS) is 1. The highest BCUT2D eigenvalue weighted by atomic mass is 35.5. The number of fused-ring (bicyclic) bond motifs is 7. The highest BCUT2D eigenvalue weighted by molar-refractivity contribution is 6.30. The summed E-state index contributed by atoms with van der Waals surface area (Å²) in [6.07, 6.45) is 9.66. The van der Waals surface area contributed by atoms with Crippen LogP contribution in [0.25, 0.3) is 0 Å². The average Bonchev–Trinajstić information content (AvgIpc) is 3.50. The minimum absolute atomic E-state index is 0.0396. The first kappa shape index (κ1) is 45.4. The number of carboxylic acids is 1. The summed E-state index contributed by atoms with van der Waals surface area (Å²) < 4.78 is 15.9. The van der Waals surface area contributed by atoms with Gasteiger partial charge in [-0.25, -0.2) is 4.39 Å². The van der Waals surface area contributed by atoms with Gasteiger partial charge in [0.05, 0.1) is 12.5 Å². The van der Waals surface area contributed by atoms with Gasteiger partial charge < -0.3 is 27.2 Å². The van der Waals surface area contributed by atoms with Gasteiger partial charge in [-0.3, -0.25) is 24.0 Å². The summed E-state index contributed by atoms with van der Waals surface area (Å²) in [4.78, 5) is 65.5. The molecular formula is C47H68ClFN4O6. The Morgan fingerprint density at radius 1 is 0.949 bits per heavy atom. The number of carbonyl (C=O) groups is 5. The van der Waals surface area contributed by atoms with Crippen LogP contribution in [0.1, 0.15) is 122 Å². The van der Waals surface area contributed by atoms with Crippen molar-refractivity contribution in [2.75, 3.05) is 20.1 Å². The number of amides is 2. The Hall–Kier alpha value is -3.15. The normalized spacial score (nSPS) is 37.0. The van der Waals surface area contributed by atoms with Crippen LogP contribution in [0.15, 0.2) is 35.4 Å². The molecule has 0 spiro atoms. The summed E-state index contributed by atoms with van der Waals surface area (Å²) in [5.41, 5.74) is 12.2. The Bertz CT molecular complexity index is 1820. The summed E-state index contributed by atoms with van der Waals surface area (Å²) >= 11 is 5.94. The zero-order chi connectivity index (χ0) is 43.2. The molecule has 6 aliphatic rings. The number of nitrogens with one attached hydrogen (secondary N) is 2. The lowest BCUT2D eigenvalue weighted by Crippen LogP contribution is -2.57. The number of ketones is 2. The molecule has 6 aliphatic carbocycles. The minimum Gasteiger partial charge on any atom is -0.481 e. The third-order valence-electron chi connectivity index (χ3n) is 16.7. The number of benzene rings is 1. The van der Waals surface area contributed by atoms with Gasteiger partial charge in [-0.1, -0.05) is 51.8 Å². The Labute approximate surface area is 355 Å². The molecule has 2 amide bonds. The molecule has 0 aromatic heterocycles. The summed E-state index contributed by atoms with van der Waals surface area (Å²) in [5, 5.41) is 15.0. The monoisotopic (exact) mass is 838 g/mol. The molecule has 7 rings (SSSR count). The van der Waals surface area contributed by atoms with E-state index in [0.29, 0.717) is 59.8 Å². The predicted octanol–water partition coefficient (Wildman–Crippen LogP) is 7.52. The van der Waals surface area contributed by atoms with Gasteiger partial charge in [0, 0.05) is 47.7 Å². The van der Waals surface area contributed by atoms with Crippen molar-refractivity contribution in [1.29, 1.82) is 0 Å². The summed E-state index contributed by atoms with van der Waals surface area (Å²) in [6, 6.07) is 6.07. The molecule has 10 nitrogen and oxygen atoms in total. The lowest BCUT2D eigenvalue weighted by atomic mass is 9.42. The molecule has 326 valence electrons. The van der Waals surface area contributed by atoms with Gasteiger partial charge in [-0.05, 0) is 153 Å². The molecule has 1 aromatic carbocycles. The van der Waals surface area contributed by atoms with Gasteiger partial charge in [0.2, 0.25) is 11.7 Å². The molecule has 0 aliphatic heterocycles. The van der Waals surface area contributed by atoms with Crippen LogP contribution in [-0.2, 0) is 19.2 Å². The Kier molecular flexibility index (Phi) is 13.6. The first-order valence-corrected chi connectivity index (χ1v) is 22.6. The zero-order valence-electron chi connectivity index (χ0n) is 36.0. The molecule has 0 radical (unpaired) electrons. The Morgan fingerprint density at radius 2 is 1.63 bits per heavy atom. The third kappa shape index (κ3) is 8.42. The standard InChI is InChI=1S/C46H63ClFN3O6.CH5N/c1-24(2)40-38(53)20-45(21-39(54)50-23-46(48,22-49)51-42(55)27-6-8-29(47)9-7-27)17-15-30-31-10-12-35-25(3)28(18-37(52)33-19-34(26(33)4)43(56)57)14-16-44(35,5)36(31)13-11-32(30)41(40)45;1-2/h6-9,24-26,28,30-36H,10-23,49H2,1-5H3,(H,50,54)(H,51,55)(H,56,57);2H2,1H3. The van der Waals surface area contributed by atoms with E-state index in [0.717, 1.165) is 56.9 Å². The SMILES string of the molecule is CC(C)C1=C2C3CCC4C(CCC5C(C)C(CC(=O)C6CC(C(=O)O)C6C)CCC54C)C3CCC2(CC(=O)NCC(F)(CN)NC(=O)c2ccc(Cl)cc2)CC1=O.CN. The zero-order valence-corrected chi connectivity index (χ0v) is 36.7. The van der Waals surface area contributed by atoms with Gasteiger partial charge in [0.1, 0.15) is 5.78 Å². The molecule has 13 unspecified atom stereocenters. The smallest absolute Gasteiger partial charge is 0.306 e. The maximum atomic E-state index is 15.9. The molecule has 13 atom stereocenters. The molecule has 5 saturated carbocycles. The Morgan fingerprint density at radius 3 is 2.25 bits per heavy atom. The van der Waals surface area contributed by atoms with Crippen LogP contribution < -0.4 is 22.1 Å². The van der Waals surface area contributed by atoms with Gasteiger partial charge in [0.15, 0.2) is 5.78 Å². The maximum Gasteiger partial charge on any atom is 0.306 e. The van der Waals surface area contributed by atoms with Gasteiger partial charge in [-0.15, -0.1) is 0 Å². The first-order valence-electron chi connectivity index (χ1n) is 22.3. The molecule has 1 aromatic rings. The van der Waals surface area contributed by atoms with Crippen LogP contribution in [-0.4, -0.2) is 60.4 Å². The van der Waals surface area contributed by atoms with E-state index in [2.05, 4.69) is 44.1 Å². The van der Waals surface area contributed by atoms with Crippen LogP contribution in [0.4, 0.5) is 4.39 Å². The number of carbonyl (C=O) groups excluding carboxylic acids is 4. The van der Waals surface area contributed by atoms with Crippen molar-refractivity contribution in [3.05, 3.63) is 46.0 Å². The fourth-order valence-corrected chi connectivity index (χ4v) is 13.8. The van der Waals surface area contributed by atoms with Gasteiger partial charge in [-0.2, -0.15) is 0 Å². The second-order valence-electron chi connectivity index (χ2n) is 19.8. The largest absolute Gasteiger partial charge is 0.481 e. The molecular weight excluding hydrogens is 771 g/mol. The van der Waals surface area contributed by atoms with Crippen LogP contribution in [0.3, 0.4) is 0 Å². The van der Waals surface area contributed by atoms with Crippen molar-refractivity contribution >= 4 is 41.0 Å². The van der Waals surface area contributed by atoms with Crippen LogP contribution in [0, 0.1) is 75.9 Å². The first-order chi connectivity index (χ1) is 27.9. The molecule has 7 N–H and O–H groups in total. The lowest BCUT2D eigenvalue weighted by Gasteiger charge is -2.63. The maximum absolute atomic E-state index is 15.9. The fraction of sp³-hybridized carbons (Fsp3) is 0.723. The van der Waals surface area contributed by atoms with Crippen molar-refractivity contribution < 1.29 is 33.5 Å². The van der Waals surface area contributed by atoms with Crippen molar-refractivity contribution in [2.24, 2.45) is 87.4 Å². The highest BCUT2D eigenvalue weighted by Gasteiger charge is 2.61. The molecule has 5 fully saturated rings. The number of halogens is 2. The van der Waals surface area contributed by atoms with Crippen molar-refractivity contribution in [3.63, 3.8) is 0 Å². The number of hydrogen-bond donors (Lipinski definition) is 5. The third-order valence-corrected chi connectivity index (χ3v) is 16.9. The number of nitrogens with two attached hydrogens (primary N) is 2. The number of hydrogen-bond acceptors (Lipinski definition) is 7. The number of Topliss-reactive ketones (excluding diaryl/α,β-unsaturated/α-hetero) is 2. The fourth-order valence-electron chi connectivity index (χ4n) is 13.7. The summed E-state index contributed by atoms with van der Waals surface area (Å²) in [5.74, 6) is -1.18. The molecule has 0 heterocycles. The minimum atomic E-state index is -2.37. The van der Waals surface area contributed by atoms with E-state index in [9.17, 15) is 29.1 Å². The van der Waals surface area contributed by atoms with E-state index in [1.165, 1.54) is 24.8 Å². The van der Waals surface area contributed by atoms with Gasteiger partial charge in [0.25, 0.3) is 5.91 Å². The number of alkyl halides is 1. The Balaban J connectivity index is 0.00000288. The van der Waals surface area contributed by atoms with Crippen molar-refractivity contribution in [3.8, 4) is 0 Å². The second kappa shape index (κ2) is 17.7. The summed E-state index contributed by atoms with van der Waals surface area (Å²) in [7, 11) is 1.50. The van der Waals surface area contributed by atoms with Crippen LogP contribution in [0.5, 0.6) is 0 Å². The van der Waals surface area contributed by atoms with Gasteiger partial charge >= 0.3 is 5.97 Å². The van der Waals surface area contributed by atoms with Crippen LogP contribution in [0.2, 0.25) is 5.02 Å². The van der Waals surface area contributed by atoms with E-state index >= 15 is 4.39 Å². The molecule has 12 heteroatoms. The number of rotatable bonds is 12.